The van der Waals surface area contributed by atoms with Crippen LogP contribution in [-0.4, -0.2) is 50.1 Å². The largest absolute Gasteiger partial charge is 0.467 e. The van der Waals surface area contributed by atoms with E-state index < -0.39 is 29.8 Å². The summed E-state index contributed by atoms with van der Waals surface area (Å²) in [6, 6.07) is 15.1. The third kappa shape index (κ3) is 6.25. The molecule has 3 rings (SSSR count). The Bertz CT molecular complexity index is 968. The second-order valence-electron chi connectivity index (χ2n) is 8.76. The SMILES string of the molecule is COC(=O)[C@H](CCNC(=O)OC(C)(C)C)NC(=O)OCC1c2ccccc2-c2ccccc21. The van der Waals surface area contributed by atoms with Gasteiger partial charge in [0.05, 0.1) is 7.11 Å². The van der Waals surface area contributed by atoms with Crippen molar-refractivity contribution in [2.75, 3.05) is 20.3 Å². The van der Waals surface area contributed by atoms with E-state index >= 15 is 0 Å². The van der Waals surface area contributed by atoms with Crippen molar-refractivity contribution >= 4 is 18.2 Å². The summed E-state index contributed by atoms with van der Waals surface area (Å²) in [5.41, 5.74) is 3.81. The number of fused-ring (bicyclic) bond motifs is 3. The molecule has 8 nitrogen and oxygen atoms in total. The predicted molar refractivity (Wildman–Crippen MR) is 123 cm³/mol. The summed E-state index contributed by atoms with van der Waals surface area (Å²) in [5.74, 6) is -0.719. The van der Waals surface area contributed by atoms with Gasteiger partial charge in [0.1, 0.15) is 18.2 Å². The van der Waals surface area contributed by atoms with Gasteiger partial charge in [-0.1, -0.05) is 48.5 Å². The van der Waals surface area contributed by atoms with Crippen LogP contribution in [0.3, 0.4) is 0 Å². The first-order valence-electron chi connectivity index (χ1n) is 10.9. The molecule has 1 atom stereocenters. The molecular weight excluding hydrogens is 424 g/mol. The van der Waals surface area contributed by atoms with Crippen molar-refractivity contribution in [1.82, 2.24) is 10.6 Å². The monoisotopic (exact) mass is 454 g/mol. The Hall–Kier alpha value is -3.55. The number of ether oxygens (including phenoxy) is 3. The normalized spacial score (nSPS) is 13.3. The molecule has 0 bridgehead atoms. The Morgan fingerprint density at radius 1 is 0.939 bits per heavy atom. The van der Waals surface area contributed by atoms with Crippen LogP contribution in [0.1, 0.15) is 44.2 Å². The number of amides is 2. The van der Waals surface area contributed by atoms with Crippen molar-refractivity contribution in [3.8, 4) is 11.1 Å². The molecule has 0 radical (unpaired) electrons. The predicted octanol–water partition coefficient (Wildman–Crippen LogP) is 3.98. The summed E-state index contributed by atoms with van der Waals surface area (Å²) in [6.45, 7) is 5.50. The molecule has 0 saturated carbocycles. The van der Waals surface area contributed by atoms with Crippen molar-refractivity contribution in [2.45, 2.75) is 44.8 Å². The summed E-state index contributed by atoms with van der Waals surface area (Å²) in [7, 11) is 1.23. The van der Waals surface area contributed by atoms with Gasteiger partial charge in [-0.05, 0) is 49.4 Å². The zero-order valence-electron chi connectivity index (χ0n) is 19.3. The summed E-state index contributed by atoms with van der Waals surface area (Å²) in [6.07, 6.45) is -1.22. The number of methoxy groups -OCH3 is 1. The molecule has 0 fully saturated rings. The lowest BCUT2D eigenvalue weighted by Crippen LogP contribution is -2.44. The van der Waals surface area contributed by atoms with Gasteiger partial charge < -0.3 is 24.8 Å². The van der Waals surface area contributed by atoms with Gasteiger partial charge in [-0.15, -0.1) is 0 Å². The Labute approximate surface area is 193 Å². The van der Waals surface area contributed by atoms with E-state index in [1.165, 1.54) is 7.11 Å². The highest BCUT2D eigenvalue weighted by Crippen LogP contribution is 2.44. The number of carbonyl (C=O) groups excluding carboxylic acids is 3. The van der Waals surface area contributed by atoms with E-state index in [-0.39, 0.29) is 25.5 Å². The highest BCUT2D eigenvalue weighted by molar-refractivity contribution is 5.82. The molecule has 0 heterocycles. The van der Waals surface area contributed by atoms with E-state index in [2.05, 4.69) is 22.8 Å². The molecule has 0 aromatic heterocycles. The van der Waals surface area contributed by atoms with Gasteiger partial charge in [-0.2, -0.15) is 0 Å². The minimum atomic E-state index is -0.972. The minimum Gasteiger partial charge on any atom is -0.467 e. The zero-order valence-corrected chi connectivity index (χ0v) is 19.3. The molecule has 2 aromatic rings. The molecule has 8 heteroatoms. The zero-order chi connectivity index (χ0) is 24.0. The van der Waals surface area contributed by atoms with Gasteiger partial charge >= 0.3 is 18.2 Å². The fourth-order valence-corrected chi connectivity index (χ4v) is 3.81. The Kier molecular flexibility index (Phi) is 7.58. The van der Waals surface area contributed by atoms with Crippen LogP contribution in [0.15, 0.2) is 48.5 Å². The number of benzene rings is 2. The lowest BCUT2D eigenvalue weighted by molar-refractivity contribution is -0.143. The lowest BCUT2D eigenvalue weighted by Gasteiger charge is -2.21. The first-order chi connectivity index (χ1) is 15.7. The maximum atomic E-state index is 12.5. The van der Waals surface area contributed by atoms with Crippen LogP contribution >= 0.6 is 0 Å². The van der Waals surface area contributed by atoms with Gasteiger partial charge in [0.25, 0.3) is 0 Å². The average Bonchev–Trinajstić information content (AvgIpc) is 3.09. The topological polar surface area (TPSA) is 103 Å². The van der Waals surface area contributed by atoms with Crippen molar-refractivity contribution in [3.05, 3.63) is 59.7 Å². The van der Waals surface area contributed by atoms with E-state index in [0.717, 1.165) is 22.3 Å². The van der Waals surface area contributed by atoms with Crippen LogP contribution in [0.2, 0.25) is 0 Å². The fourth-order valence-electron chi connectivity index (χ4n) is 3.81. The molecular formula is C25H30N2O6. The molecule has 0 spiro atoms. The van der Waals surface area contributed by atoms with Crippen molar-refractivity contribution in [2.24, 2.45) is 0 Å². The Morgan fingerprint density at radius 2 is 1.52 bits per heavy atom. The Balaban J connectivity index is 1.57. The number of alkyl carbamates (subject to hydrolysis) is 2. The molecule has 1 aliphatic rings. The first kappa shape index (κ1) is 24.1. The Morgan fingerprint density at radius 3 is 2.06 bits per heavy atom. The minimum absolute atomic E-state index is 0.0893. The summed E-state index contributed by atoms with van der Waals surface area (Å²) < 4.78 is 15.4. The number of esters is 1. The molecule has 2 aromatic carbocycles. The third-order valence-electron chi connectivity index (χ3n) is 5.22. The quantitative estimate of drug-likeness (QED) is 0.485. The highest BCUT2D eigenvalue weighted by atomic mass is 16.6. The van der Waals surface area contributed by atoms with Crippen LogP contribution in [0, 0.1) is 0 Å². The van der Waals surface area contributed by atoms with Gasteiger partial charge in [-0.25, -0.2) is 14.4 Å². The molecule has 33 heavy (non-hydrogen) atoms. The fraction of sp³-hybridized carbons (Fsp3) is 0.400. The van der Waals surface area contributed by atoms with E-state index in [1.54, 1.807) is 20.8 Å². The maximum Gasteiger partial charge on any atom is 0.407 e. The van der Waals surface area contributed by atoms with Gasteiger partial charge in [-0.3, -0.25) is 0 Å². The molecule has 2 amide bonds. The average molecular weight is 455 g/mol. The van der Waals surface area contributed by atoms with Gasteiger partial charge in [0, 0.05) is 12.5 Å². The van der Waals surface area contributed by atoms with Gasteiger partial charge in [0.2, 0.25) is 0 Å². The van der Waals surface area contributed by atoms with Crippen molar-refractivity contribution in [3.63, 3.8) is 0 Å². The number of nitrogens with one attached hydrogen (secondary N) is 2. The second-order valence-corrected chi connectivity index (χ2v) is 8.76. The van der Waals surface area contributed by atoms with Crippen LogP contribution in [0.4, 0.5) is 9.59 Å². The van der Waals surface area contributed by atoms with E-state index in [1.807, 2.05) is 36.4 Å². The molecule has 2 N–H and O–H groups in total. The van der Waals surface area contributed by atoms with Crippen LogP contribution < -0.4 is 10.6 Å². The van der Waals surface area contributed by atoms with Crippen LogP contribution in [0.25, 0.3) is 11.1 Å². The number of carbonyl (C=O) groups is 3. The molecule has 176 valence electrons. The molecule has 0 saturated heterocycles. The third-order valence-corrected chi connectivity index (χ3v) is 5.22. The standard InChI is InChI=1S/C25H30N2O6/c1-25(2,3)33-23(29)26-14-13-21(22(28)31-4)27-24(30)32-15-20-18-11-7-5-9-16(18)17-10-6-8-12-19(17)20/h5-12,20-21H,13-15H2,1-4H3,(H,26,29)(H,27,30)/t21-/m0/s1. The maximum absolute atomic E-state index is 12.5. The number of hydrogen-bond donors (Lipinski definition) is 2. The summed E-state index contributed by atoms with van der Waals surface area (Å²) >= 11 is 0. The summed E-state index contributed by atoms with van der Waals surface area (Å²) in [4.78, 5) is 36.4. The van der Waals surface area contributed by atoms with Crippen molar-refractivity contribution in [1.29, 1.82) is 0 Å². The van der Waals surface area contributed by atoms with Gasteiger partial charge in [0.15, 0.2) is 0 Å². The van der Waals surface area contributed by atoms with E-state index in [9.17, 15) is 14.4 Å². The number of rotatable bonds is 7. The molecule has 1 aliphatic carbocycles. The van der Waals surface area contributed by atoms with E-state index in [4.69, 9.17) is 14.2 Å². The second kappa shape index (κ2) is 10.4. The molecule has 0 unspecified atom stereocenters. The van der Waals surface area contributed by atoms with E-state index in [0.29, 0.717) is 0 Å². The van der Waals surface area contributed by atoms with Crippen LogP contribution in [-0.2, 0) is 19.0 Å². The summed E-state index contributed by atoms with van der Waals surface area (Å²) in [5, 5.41) is 5.09. The lowest BCUT2D eigenvalue weighted by atomic mass is 9.98. The van der Waals surface area contributed by atoms with Crippen LogP contribution in [0.5, 0.6) is 0 Å². The van der Waals surface area contributed by atoms with Crippen molar-refractivity contribution < 1.29 is 28.6 Å². The first-order valence-corrected chi connectivity index (χ1v) is 10.9. The number of hydrogen-bond acceptors (Lipinski definition) is 6. The highest BCUT2D eigenvalue weighted by Gasteiger charge is 2.30. The molecule has 0 aliphatic heterocycles. The smallest absolute Gasteiger partial charge is 0.407 e.